The van der Waals surface area contributed by atoms with Gasteiger partial charge in [-0.05, 0) is 25.3 Å². The minimum absolute atomic E-state index is 0.0428. The highest BCUT2D eigenvalue weighted by atomic mass is 16.6. The maximum atomic E-state index is 10.5. The van der Waals surface area contributed by atoms with Crippen LogP contribution in [0.5, 0.6) is 0 Å². The summed E-state index contributed by atoms with van der Waals surface area (Å²) in [5, 5.41) is 24.4. The van der Waals surface area contributed by atoms with Gasteiger partial charge in [0.15, 0.2) is 0 Å². The van der Waals surface area contributed by atoms with E-state index in [-0.39, 0.29) is 5.69 Å². The number of β-amino-alcohol motifs (C(OH)–C–C–N with tert-alkyl or cyclic N) is 1. The Balaban J connectivity index is 1.82. The molecule has 19 heavy (non-hydrogen) atoms. The molecule has 1 N–H and O–H groups in total. The third-order valence-corrected chi connectivity index (χ3v) is 3.44. The first-order valence-electron chi connectivity index (χ1n) is 6.62. The van der Waals surface area contributed by atoms with E-state index in [1.165, 1.54) is 29.9 Å². The summed E-state index contributed by atoms with van der Waals surface area (Å²) >= 11 is 0. The standard InChI is InChI=1S/C12H20N4O3/c1-10-3-2-4-14(6-10)8-12(17)9-15-7-11(5-13-15)16(18)19/h5,7,10,12,17H,2-4,6,8-9H2,1H3. The summed E-state index contributed by atoms with van der Waals surface area (Å²) < 4.78 is 1.43. The first kappa shape index (κ1) is 14.0. The molecule has 1 aromatic heterocycles. The van der Waals surface area contributed by atoms with Crippen molar-refractivity contribution in [3.63, 3.8) is 0 Å². The zero-order valence-corrected chi connectivity index (χ0v) is 11.1. The van der Waals surface area contributed by atoms with Gasteiger partial charge in [-0.3, -0.25) is 14.8 Å². The second kappa shape index (κ2) is 6.12. The van der Waals surface area contributed by atoms with Gasteiger partial charge >= 0.3 is 5.69 Å². The molecule has 1 fully saturated rings. The van der Waals surface area contributed by atoms with Crippen LogP contribution in [-0.4, -0.2) is 50.4 Å². The lowest BCUT2D eigenvalue weighted by molar-refractivity contribution is -0.385. The van der Waals surface area contributed by atoms with Gasteiger partial charge in [0.25, 0.3) is 0 Å². The van der Waals surface area contributed by atoms with Gasteiger partial charge in [-0.15, -0.1) is 0 Å². The Morgan fingerprint density at radius 3 is 3.05 bits per heavy atom. The normalized spacial score (nSPS) is 22.3. The van der Waals surface area contributed by atoms with Gasteiger partial charge in [0.2, 0.25) is 0 Å². The molecule has 2 unspecified atom stereocenters. The van der Waals surface area contributed by atoms with E-state index in [0.717, 1.165) is 13.1 Å². The molecular formula is C12H20N4O3. The monoisotopic (exact) mass is 268 g/mol. The van der Waals surface area contributed by atoms with Crippen LogP contribution < -0.4 is 0 Å². The number of hydrogen-bond donors (Lipinski definition) is 1. The highest BCUT2D eigenvalue weighted by Gasteiger charge is 2.19. The largest absolute Gasteiger partial charge is 0.390 e. The zero-order chi connectivity index (χ0) is 13.8. The number of likely N-dealkylation sites (tertiary alicyclic amines) is 1. The number of nitro groups is 1. The lowest BCUT2D eigenvalue weighted by Crippen LogP contribution is -2.40. The minimum atomic E-state index is -0.551. The van der Waals surface area contributed by atoms with Gasteiger partial charge in [-0.2, -0.15) is 5.10 Å². The molecule has 0 spiro atoms. The van der Waals surface area contributed by atoms with Gasteiger partial charge in [0.1, 0.15) is 12.4 Å². The van der Waals surface area contributed by atoms with Crippen molar-refractivity contribution in [1.82, 2.24) is 14.7 Å². The fourth-order valence-corrected chi connectivity index (χ4v) is 2.57. The second-order valence-electron chi connectivity index (χ2n) is 5.34. The van der Waals surface area contributed by atoms with E-state index in [4.69, 9.17) is 0 Å². The van der Waals surface area contributed by atoms with Crippen LogP contribution in [0.1, 0.15) is 19.8 Å². The minimum Gasteiger partial charge on any atom is -0.390 e. The molecule has 0 aromatic carbocycles. The molecule has 0 bridgehead atoms. The Labute approximate surface area is 112 Å². The number of aromatic nitrogens is 2. The smallest absolute Gasteiger partial charge is 0.306 e. The highest BCUT2D eigenvalue weighted by Crippen LogP contribution is 2.16. The summed E-state index contributed by atoms with van der Waals surface area (Å²) in [4.78, 5) is 12.3. The second-order valence-corrected chi connectivity index (χ2v) is 5.34. The third kappa shape index (κ3) is 4.00. The molecule has 2 atom stereocenters. The van der Waals surface area contributed by atoms with E-state index in [0.29, 0.717) is 19.0 Å². The Hall–Kier alpha value is -1.47. The van der Waals surface area contributed by atoms with Gasteiger partial charge in [0.05, 0.1) is 17.6 Å². The summed E-state index contributed by atoms with van der Waals surface area (Å²) in [7, 11) is 0. The molecule has 1 saturated heterocycles. The molecular weight excluding hydrogens is 248 g/mol. The van der Waals surface area contributed by atoms with E-state index in [1.807, 2.05) is 0 Å². The zero-order valence-electron chi connectivity index (χ0n) is 11.1. The average Bonchev–Trinajstić information content (AvgIpc) is 2.77. The molecule has 2 heterocycles. The number of hydrogen-bond acceptors (Lipinski definition) is 5. The van der Waals surface area contributed by atoms with Crippen LogP contribution in [0.4, 0.5) is 5.69 Å². The first-order chi connectivity index (χ1) is 9.04. The molecule has 0 aliphatic carbocycles. The highest BCUT2D eigenvalue weighted by molar-refractivity contribution is 5.20. The maximum absolute atomic E-state index is 10.5. The number of piperidine rings is 1. The Morgan fingerprint density at radius 2 is 2.42 bits per heavy atom. The SMILES string of the molecule is CC1CCCN(CC(O)Cn2cc([N+](=O)[O-])cn2)C1. The molecule has 1 aliphatic heterocycles. The van der Waals surface area contributed by atoms with Crippen molar-refractivity contribution in [2.75, 3.05) is 19.6 Å². The van der Waals surface area contributed by atoms with Gasteiger partial charge < -0.3 is 10.0 Å². The molecule has 1 aliphatic rings. The Morgan fingerprint density at radius 1 is 1.63 bits per heavy atom. The molecule has 2 rings (SSSR count). The molecule has 0 radical (unpaired) electrons. The molecule has 0 amide bonds. The fraction of sp³-hybridized carbons (Fsp3) is 0.750. The van der Waals surface area contributed by atoms with Crippen molar-refractivity contribution in [2.24, 2.45) is 5.92 Å². The quantitative estimate of drug-likeness (QED) is 0.633. The molecule has 0 saturated carbocycles. The van der Waals surface area contributed by atoms with Crippen molar-refractivity contribution in [1.29, 1.82) is 0 Å². The van der Waals surface area contributed by atoms with E-state index in [9.17, 15) is 15.2 Å². The number of nitrogens with zero attached hydrogens (tertiary/aromatic N) is 4. The molecule has 7 heteroatoms. The van der Waals surface area contributed by atoms with E-state index >= 15 is 0 Å². The van der Waals surface area contributed by atoms with Gasteiger partial charge in [-0.25, -0.2) is 0 Å². The van der Waals surface area contributed by atoms with Crippen LogP contribution >= 0.6 is 0 Å². The maximum Gasteiger partial charge on any atom is 0.306 e. The van der Waals surface area contributed by atoms with Crippen LogP contribution in [0.25, 0.3) is 0 Å². The Kier molecular flexibility index (Phi) is 4.49. The predicted molar refractivity (Wildman–Crippen MR) is 69.7 cm³/mol. The fourth-order valence-electron chi connectivity index (χ4n) is 2.57. The third-order valence-electron chi connectivity index (χ3n) is 3.44. The number of aliphatic hydroxyl groups excluding tert-OH is 1. The topological polar surface area (TPSA) is 84.4 Å². The van der Waals surface area contributed by atoms with Crippen LogP contribution in [0.15, 0.2) is 12.4 Å². The van der Waals surface area contributed by atoms with Crippen LogP contribution in [0, 0.1) is 16.0 Å². The lowest BCUT2D eigenvalue weighted by atomic mass is 10.00. The van der Waals surface area contributed by atoms with Crippen molar-refractivity contribution in [3.8, 4) is 0 Å². The van der Waals surface area contributed by atoms with Crippen LogP contribution in [0.3, 0.4) is 0 Å². The summed E-state index contributed by atoms with van der Waals surface area (Å²) in [5.74, 6) is 0.673. The molecule has 106 valence electrons. The predicted octanol–water partition coefficient (Wildman–Crippen LogP) is 0.884. The average molecular weight is 268 g/mol. The van der Waals surface area contributed by atoms with Crippen LogP contribution in [-0.2, 0) is 6.54 Å². The Bertz CT molecular complexity index is 434. The number of rotatable bonds is 5. The van der Waals surface area contributed by atoms with Gasteiger partial charge in [0, 0.05) is 13.1 Å². The molecule has 7 nitrogen and oxygen atoms in total. The lowest BCUT2D eigenvalue weighted by Gasteiger charge is -2.32. The van der Waals surface area contributed by atoms with E-state index < -0.39 is 11.0 Å². The van der Waals surface area contributed by atoms with Crippen molar-refractivity contribution in [2.45, 2.75) is 32.4 Å². The van der Waals surface area contributed by atoms with Crippen molar-refractivity contribution >= 4 is 5.69 Å². The summed E-state index contributed by atoms with van der Waals surface area (Å²) in [6, 6.07) is 0. The summed E-state index contributed by atoms with van der Waals surface area (Å²) in [5.41, 5.74) is -0.0428. The van der Waals surface area contributed by atoms with Crippen molar-refractivity contribution in [3.05, 3.63) is 22.5 Å². The van der Waals surface area contributed by atoms with Crippen LogP contribution in [0.2, 0.25) is 0 Å². The summed E-state index contributed by atoms with van der Waals surface area (Å²) in [6.45, 7) is 5.13. The summed E-state index contributed by atoms with van der Waals surface area (Å²) in [6.07, 6.45) is 4.42. The molecule has 1 aromatic rings. The first-order valence-corrected chi connectivity index (χ1v) is 6.62. The number of aliphatic hydroxyl groups is 1. The van der Waals surface area contributed by atoms with Crippen molar-refractivity contribution < 1.29 is 10.0 Å². The van der Waals surface area contributed by atoms with Gasteiger partial charge in [-0.1, -0.05) is 6.92 Å². The van der Waals surface area contributed by atoms with E-state index in [2.05, 4.69) is 16.9 Å². The van der Waals surface area contributed by atoms with E-state index in [1.54, 1.807) is 0 Å².